The van der Waals surface area contributed by atoms with Gasteiger partial charge in [0.1, 0.15) is 0 Å². The summed E-state index contributed by atoms with van der Waals surface area (Å²) in [6.07, 6.45) is 5.81. The fraction of sp³-hybridized carbons (Fsp3) is 0.867. The molecular formula is C15H26N2O2. The van der Waals surface area contributed by atoms with Crippen LogP contribution < -0.4 is 5.32 Å². The summed E-state index contributed by atoms with van der Waals surface area (Å²) in [5.41, 5.74) is 0.969. The molecule has 0 spiro atoms. The van der Waals surface area contributed by atoms with Gasteiger partial charge in [-0.2, -0.15) is 0 Å². The third-order valence-electron chi connectivity index (χ3n) is 4.41. The van der Waals surface area contributed by atoms with Crippen LogP contribution in [-0.2, 0) is 9.53 Å². The number of aliphatic imine (C=N–C) groups is 1. The van der Waals surface area contributed by atoms with Crippen LogP contribution in [0.15, 0.2) is 4.99 Å². The summed E-state index contributed by atoms with van der Waals surface area (Å²) in [4.78, 5) is 16.7. The highest BCUT2D eigenvalue weighted by atomic mass is 16.5. The van der Waals surface area contributed by atoms with Crippen LogP contribution in [0.5, 0.6) is 0 Å². The maximum absolute atomic E-state index is 12.1. The Morgan fingerprint density at radius 2 is 2.00 bits per heavy atom. The molecule has 0 bridgehead atoms. The Bertz CT molecular complexity index is 331. The molecule has 1 saturated heterocycles. The number of rotatable bonds is 5. The van der Waals surface area contributed by atoms with Crippen LogP contribution in [0.1, 0.15) is 46.0 Å². The van der Waals surface area contributed by atoms with Gasteiger partial charge in [0.05, 0.1) is 5.92 Å². The Balaban J connectivity index is 1.76. The molecule has 2 aliphatic rings. The quantitative estimate of drug-likeness (QED) is 0.775. The van der Waals surface area contributed by atoms with E-state index in [0.29, 0.717) is 0 Å². The molecule has 19 heavy (non-hydrogen) atoms. The zero-order valence-corrected chi connectivity index (χ0v) is 12.2. The van der Waals surface area contributed by atoms with Gasteiger partial charge in [-0.05, 0) is 45.4 Å². The van der Waals surface area contributed by atoms with Gasteiger partial charge in [-0.1, -0.05) is 6.42 Å². The fourth-order valence-corrected chi connectivity index (χ4v) is 2.44. The van der Waals surface area contributed by atoms with Crippen molar-refractivity contribution in [1.29, 1.82) is 0 Å². The van der Waals surface area contributed by atoms with E-state index in [-0.39, 0.29) is 17.9 Å². The number of ether oxygens (including phenoxy) is 1. The van der Waals surface area contributed by atoms with Gasteiger partial charge in [0.2, 0.25) is 5.91 Å². The zero-order chi connectivity index (χ0) is 13.7. The van der Waals surface area contributed by atoms with Crippen molar-refractivity contribution in [1.82, 2.24) is 5.32 Å². The first-order valence-electron chi connectivity index (χ1n) is 7.56. The molecule has 2 rings (SSSR count). The van der Waals surface area contributed by atoms with E-state index < -0.39 is 0 Å². The normalized spacial score (nSPS) is 23.8. The number of hydrogen-bond acceptors (Lipinski definition) is 3. The van der Waals surface area contributed by atoms with Gasteiger partial charge in [0.25, 0.3) is 0 Å². The molecule has 4 nitrogen and oxygen atoms in total. The maximum atomic E-state index is 12.1. The number of carbonyl (C=O) groups is 1. The van der Waals surface area contributed by atoms with E-state index in [1.54, 1.807) is 0 Å². The summed E-state index contributed by atoms with van der Waals surface area (Å²) in [6.45, 7) is 6.35. The lowest BCUT2D eigenvalue weighted by atomic mass is 9.85. The van der Waals surface area contributed by atoms with Gasteiger partial charge < -0.3 is 10.1 Å². The minimum atomic E-state index is -0.108. The van der Waals surface area contributed by atoms with Crippen LogP contribution in [0.4, 0.5) is 0 Å². The second-order valence-corrected chi connectivity index (χ2v) is 5.90. The molecule has 1 amide bonds. The van der Waals surface area contributed by atoms with Gasteiger partial charge in [-0.25, -0.2) is 0 Å². The Labute approximate surface area is 116 Å². The number of hydrogen-bond donors (Lipinski definition) is 1. The average Bonchev–Trinajstić information content (AvgIpc) is 2.37. The molecule has 0 aromatic rings. The Morgan fingerprint density at radius 3 is 2.58 bits per heavy atom. The number of amides is 1. The summed E-state index contributed by atoms with van der Waals surface area (Å²) < 4.78 is 5.30. The van der Waals surface area contributed by atoms with E-state index in [0.717, 1.165) is 44.2 Å². The van der Waals surface area contributed by atoms with Crippen LogP contribution in [0.25, 0.3) is 0 Å². The molecule has 1 atom stereocenters. The Kier molecular flexibility index (Phi) is 5.37. The Hall–Kier alpha value is -0.900. The van der Waals surface area contributed by atoms with Gasteiger partial charge in [-0.15, -0.1) is 0 Å². The van der Waals surface area contributed by atoms with Crippen molar-refractivity contribution >= 4 is 11.6 Å². The van der Waals surface area contributed by atoms with E-state index in [9.17, 15) is 4.79 Å². The summed E-state index contributed by atoms with van der Waals surface area (Å²) in [5, 5.41) is 3.12. The molecule has 0 aromatic carbocycles. The highest BCUT2D eigenvalue weighted by Crippen LogP contribution is 2.26. The lowest BCUT2D eigenvalue weighted by molar-refractivity contribution is -0.123. The molecule has 2 fully saturated rings. The van der Waals surface area contributed by atoms with Gasteiger partial charge in [0.15, 0.2) is 0 Å². The molecule has 1 aliphatic carbocycles. The molecule has 1 heterocycles. The van der Waals surface area contributed by atoms with E-state index in [2.05, 4.69) is 10.3 Å². The molecule has 4 heteroatoms. The molecular weight excluding hydrogens is 240 g/mol. The van der Waals surface area contributed by atoms with E-state index in [4.69, 9.17) is 4.74 Å². The predicted octanol–water partition coefficient (Wildman–Crippen LogP) is 2.18. The van der Waals surface area contributed by atoms with Crippen LogP contribution in [0.3, 0.4) is 0 Å². The van der Waals surface area contributed by atoms with Crippen LogP contribution in [0.2, 0.25) is 0 Å². The third kappa shape index (κ3) is 4.30. The number of nitrogens with zero attached hydrogens (tertiary/aromatic N) is 1. The van der Waals surface area contributed by atoms with Crippen molar-refractivity contribution in [3.63, 3.8) is 0 Å². The minimum Gasteiger partial charge on any atom is -0.381 e. The summed E-state index contributed by atoms with van der Waals surface area (Å²) in [6, 6.07) is 0.281. The smallest absolute Gasteiger partial charge is 0.228 e. The third-order valence-corrected chi connectivity index (χ3v) is 4.41. The Morgan fingerprint density at radius 1 is 1.32 bits per heavy atom. The average molecular weight is 266 g/mol. The van der Waals surface area contributed by atoms with Gasteiger partial charge >= 0.3 is 0 Å². The molecule has 108 valence electrons. The molecule has 1 saturated carbocycles. The topological polar surface area (TPSA) is 50.7 Å². The number of carbonyl (C=O) groups excluding carboxylic acids is 1. The van der Waals surface area contributed by atoms with E-state index >= 15 is 0 Å². The molecule has 1 aliphatic heterocycles. The van der Waals surface area contributed by atoms with Gasteiger partial charge in [0, 0.05) is 31.5 Å². The second-order valence-electron chi connectivity index (χ2n) is 5.90. The standard InChI is InChI=1S/C15H26N2O2/c1-11(12(2)16-10-13-4-3-5-13)15(18)17-14-6-8-19-9-7-14/h11,13-14H,3-10H2,1-2H3,(H,17,18). The highest BCUT2D eigenvalue weighted by Gasteiger charge is 2.22. The van der Waals surface area contributed by atoms with Crippen LogP contribution in [-0.4, -0.2) is 37.4 Å². The molecule has 0 radical (unpaired) electrons. The molecule has 1 N–H and O–H groups in total. The van der Waals surface area contributed by atoms with Crippen molar-refractivity contribution in [2.75, 3.05) is 19.8 Å². The van der Waals surface area contributed by atoms with Crippen molar-refractivity contribution in [3.8, 4) is 0 Å². The monoisotopic (exact) mass is 266 g/mol. The lowest BCUT2D eigenvalue weighted by Gasteiger charge is -2.25. The van der Waals surface area contributed by atoms with Crippen molar-refractivity contribution in [3.05, 3.63) is 0 Å². The summed E-state index contributed by atoms with van der Waals surface area (Å²) in [5.74, 6) is 0.769. The zero-order valence-electron chi connectivity index (χ0n) is 12.2. The van der Waals surface area contributed by atoms with Crippen molar-refractivity contribution in [2.45, 2.75) is 52.0 Å². The van der Waals surface area contributed by atoms with Crippen molar-refractivity contribution < 1.29 is 9.53 Å². The first-order chi connectivity index (χ1) is 9.16. The lowest BCUT2D eigenvalue weighted by Crippen LogP contribution is -2.42. The SMILES string of the molecule is CC(=NCC1CCC1)C(C)C(=O)NC1CCOCC1. The van der Waals surface area contributed by atoms with E-state index in [1.165, 1.54) is 19.3 Å². The fourth-order valence-electron chi connectivity index (χ4n) is 2.44. The summed E-state index contributed by atoms with van der Waals surface area (Å²) in [7, 11) is 0. The van der Waals surface area contributed by atoms with E-state index in [1.807, 2.05) is 13.8 Å². The molecule has 1 unspecified atom stereocenters. The second kappa shape index (κ2) is 7.04. The highest BCUT2D eigenvalue weighted by molar-refractivity contribution is 6.02. The first-order valence-corrected chi connectivity index (χ1v) is 7.56. The predicted molar refractivity (Wildman–Crippen MR) is 76.5 cm³/mol. The largest absolute Gasteiger partial charge is 0.381 e. The number of nitrogens with one attached hydrogen (secondary N) is 1. The van der Waals surface area contributed by atoms with Crippen LogP contribution in [0, 0.1) is 11.8 Å². The van der Waals surface area contributed by atoms with Crippen LogP contribution >= 0.6 is 0 Å². The maximum Gasteiger partial charge on any atom is 0.228 e. The van der Waals surface area contributed by atoms with Crippen molar-refractivity contribution in [2.24, 2.45) is 16.8 Å². The van der Waals surface area contributed by atoms with Gasteiger partial charge in [-0.3, -0.25) is 9.79 Å². The minimum absolute atomic E-state index is 0.108. The molecule has 0 aromatic heterocycles. The summed E-state index contributed by atoms with van der Waals surface area (Å²) >= 11 is 0. The first kappa shape index (κ1) is 14.5.